The normalized spacial score (nSPS) is 23.7. The topological polar surface area (TPSA) is 97.7 Å². The number of benzene rings is 1. The molecule has 1 aromatic rings. The number of carbonyl (C=O) groups excluding carboxylic acids is 2. The molecule has 10 heteroatoms. The average molecular weight is 502 g/mol. The number of nitriles is 1. The van der Waals surface area contributed by atoms with Gasteiger partial charge in [0.15, 0.2) is 0 Å². The number of hydroxylamine groups is 2. The standard InChI is InChI=1S/C26H33F2N5O3/c27-26(28,19-4-2-1-3-5-19)9-8-21(22(34)31-25(16-29)10-11-25)30-23(35)36-33-17-24(18-33)12-14-32(15-13-24)20-6-7-20/h1-5,20-21H,6-15,17-18H2,(H,30,35)(H,31,34)/t21-/m0/s1. The van der Waals surface area contributed by atoms with Crippen molar-refractivity contribution >= 4 is 12.0 Å². The summed E-state index contributed by atoms with van der Waals surface area (Å²) in [5.41, 5.74) is -0.964. The lowest BCUT2D eigenvalue weighted by Gasteiger charge is -2.52. The van der Waals surface area contributed by atoms with E-state index in [1.165, 1.54) is 37.1 Å². The van der Waals surface area contributed by atoms with Gasteiger partial charge in [0.2, 0.25) is 5.91 Å². The SMILES string of the molecule is N#CC1(NC(=O)[C@H](CCC(F)(F)c2ccccc2)NC(=O)ON2CC3(CCN(C4CC4)CC3)C2)CC1. The first-order chi connectivity index (χ1) is 17.2. The highest BCUT2D eigenvalue weighted by molar-refractivity contribution is 5.86. The van der Waals surface area contributed by atoms with Crippen molar-refractivity contribution in [3.63, 3.8) is 0 Å². The van der Waals surface area contributed by atoms with Gasteiger partial charge in [0.05, 0.1) is 6.07 Å². The van der Waals surface area contributed by atoms with Gasteiger partial charge in [-0.15, -0.1) is 5.06 Å². The van der Waals surface area contributed by atoms with Crippen molar-refractivity contribution in [2.24, 2.45) is 5.41 Å². The largest absolute Gasteiger partial charge is 0.426 e. The van der Waals surface area contributed by atoms with Crippen molar-refractivity contribution < 1.29 is 23.2 Å². The van der Waals surface area contributed by atoms with Gasteiger partial charge in [-0.1, -0.05) is 30.3 Å². The van der Waals surface area contributed by atoms with E-state index in [2.05, 4.69) is 21.6 Å². The second kappa shape index (κ2) is 9.60. The lowest BCUT2D eigenvalue weighted by molar-refractivity contribution is -0.218. The summed E-state index contributed by atoms with van der Waals surface area (Å²) < 4.78 is 29.5. The van der Waals surface area contributed by atoms with Gasteiger partial charge >= 0.3 is 6.09 Å². The van der Waals surface area contributed by atoms with Gasteiger partial charge in [-0.05, 0) is 58.0 Å². The van der Waals surface area contributed by atoms with Gasteiger partial charge < -0.3 is 20.4 Å². The average Bonchev–Trinajstić information content (AvgIpc) is 3.78. The Bertz CT molecular complexity index is 1010. The Morgan fingerprint density at radius 2 is 1.81 bits per heavy atom. The van der Waals surface area contributed by atoms with E-state index in [0.717, 1.165) is 32.0 Å². The number of nitrogens with zero attached hydrogens (tertiary/aromatic N) is 3. The lowest BCUT2D eigenvalue weighted by Crippen LogP contribution is -2.61. The second-order valence-corrected chi connectivity index (χ2v) is 10.9. The van der Waals surface area contributed by atoms with Crippen LogP contribution in [0.15, 0.2) is 30.3 Å². The summed E-state index contributed by atoms with van der Waals surface area (Å²) in [5, 5.41) is 16.0. The number of carbonyl (C=O) groups is 2. The van der Waals surface area contributed by atoms with E-state index in [1.54, 1.807) is 11.1 Å². The number of amides is 2. The number of hydrogen-bond donors (Lipinski definition) is 2. The summed E-state index contributed by atoms with van der Waals surface area (Å²) in [6.45, 7) is 3.42. The molecule has 2 aliphatic heterocycles. The number of hydrogen-bond acceptors (Lipinski definition) is 6. The molecule has 1 spiro atoms. The molecule has 0 aromatic heterocycles. The van der Waals surface area contributed by atoms with E-state index in [4.69, 9.17) is 4.84 Å². The molecule has 0 bridgehead atoms. The van der Waals surface area contributed by atoms with E-state index < -0.39 is 35.9 Å². The van der Waals surface area contributed by atoms with Crippen LogP contribution in [0.3, 0.4) is 0 Å². The molecule has 2 saturated carbocycles. The molecule has 4 aliphatic rings. The predicted octanol–water partition coefficient (Wildman–Crippen LogP) is 3.30. The summed E-state index contributed by atoms with van der Waals surface area (Å²) in [6.07, 6.45) is 3.95. The van der Waals surface area contributed by atoms with Crippen LogP contribution in [0.25, 0.3) is 0 Å². The molecule has 2 N–H and O–H groups in total. The van der Waals surface area contributed by atoms with Crippen LogP contribution in [0.4, 0.5) is 13.6 Å². The van der Waals surface area contributed by atoms with E-state index in [0.29, 0.717) is 25.9 Å². The number of likely N-dealkylation sites (tertiary alicyclic amines) is 1. The molecule has 4 fully saturated rings. The number of alkyl halides is 2. The van der Waals surface area contributed by atoms with Crippen molar-refractivity contribution in [1.82, 2.24) is 20.6 Å². The highest BCUT2D eigenvalue weighted by atomic mass is 19.3. The Hall–Kier alpha value is -2.77. The third-order valence-corrected chi connectivity index (χ3v) is 8.04. The number of halogens is 2. The van der Waals surface area contributed by atoms with Gasteiger partial charge in [0, 0.05) is 36.5 Å². The maximum atomic E-state index is 14.8. The molecule has 0 radical (unpaired) electrons. The zero-order valence-electron chi connectivity index (χ0n) is 20.3. The Balaban J connectivity index is 1.14. The molecule has 194 valence electrons. The minimum absolute atomic E-state index is 0.152. The molecule has 2 aliphatic carbocycles. The van der Waals surface area contributed by atoms with E-state index in [1.807, 2.05) is 0 Å². The van der Waals surface area contributed by atoms with Crippen molar-refractivity contribution in [2.45, 2.75) is 74.9 Å². The monoisotopic (exact) mass is 501 g/mol. The summed E-state index contributed by atoms with van der Waals surface area (Å²) >= 11 is 0. The first kappa shape index (κ1) is 24.9. The van der Waals surface area contributed by atoms with Crippen LogP contribution in [0.2, 0.25) is 0 Å². The molecule has 1 atom stereocenters. The minimum Gasteiger partial charge on any atom is -0.351 e. The smallest absolute Gasteiger partial charge is 0.351 e. The van der Waals surface area contributed by atoms with Crippen LogP contribution in [0, 0.1) is 16.7 Å². The van der Waals surface area contributed by atoms with Gasteiger partial charge in [-0.2, -0.15) is 5.26 Å². The second-order valence-electron chi connectivity index (χ2n) is 10.9. The predicted molar refractivity (Wildman–Crippen MR) is 127 cm³/mol. The van der Waals surface area contributed by atoms with Crippen molar-refractivity contribution in [3.8, 4) is 6.07 Å². The number of piperidine rings is 1. The van der Waals surface area contributed by atoms with Gasteiger partial charge in [-0.3, -0.25) is 4.79 Å². The van der Waals surface area contributed by atoms with E-state index >= 15 is 0 Å². The zero-order valence-corrected chi connectivity index (χ0v) is 20.3. The highest BCUT2D eigenvalue weighted by Gasteiger charge is 2.49. The van der Waals surface area contributed by atoms with E-state index in [9.17, 15) is 23.6 Å². The van der Waals surface area contributed by atoms with Crippen LogP contribution in [0.5, 0.6) is 0 Å². The summed E-state index contributed by atoms with van der Waals surface area (Å²) in [7, 11) is 0. The Labute approximate surface area is 209 Å². The highest BCUT2D eigenvalue weighted by Crippen LogP contribution is 2.43. The lowest BCUT2D eigenvalue weighted by atomic mass is 9.73. The Morgan fingerprint density at radius 3 is 2.39 bits per heavy atom. The van der Waals surface area contributed by atoms with Crippen molar-refractivity contribution in [3.05, 3.63) is 35.9 Å². The van der Waals surface area contributed by atoms with Gasteiger partial charge in [-0.25, -0.2) is 13.6 Å². The molecule has 8 nitrogen and oxygen atoms in total. The molecule has 2 saturated heterocycles. The fourth-order valence-corrected chi connectivity index (χ4v) is 5.31. The van der Waals surface area contributed by atoms with Crippen molar-refractivity contribution in [2.75, 3.05) is 26.2 Å². The van der Waals surface area contributed by atoms with Crippen LogP contribution in [-0.4, -0.2) is 65.8 Å². The maximum Gasteiger partial charge on any atom is 0.426 e. The summed E-state index contributed by atoms with van der Waals surface area (Å²) in [5.74, 6) is -3.82. The third kappa shape index (κ3) is 5.62. The zero-order chi connectivity index (χ0) is 25.4. The van der Waals surface area contributed by atoms with Crippen LogP contribution < -0.4 is 10.6 Å². The Kier molecular flexibility index (Phi) is 6.64. The molecule has 1 aromatic carbocycles. The molecule has 2 amide bonds. The summed E-state index contributed by atoms with van der Waals surface area (Å²) in [6, 6.07) is 8.95. The number of nitrogens with one attached hydrogen (secondary N) is 2. The molecule has 5 rings (SSSR count). The van der Waals surface area contributed by atoms with Gasteiger partial charge in [0.1, 0.15) is 11.6 Å². The molecular weight excluding hydrogens is 468 g/mol. The molecular formula is C26H33F2N5O3. The molecule has 36 heavy (non-hydrogen) atoms. The first-order valence-electron chi connectivity index (χ1n) is 12.9. The van der Waals surface area contributed by atoms with Crippen LogP contribution in [0.1, 0.15) is 56.9 Å². The fraction of sp³-hybridized carbons (Fsp3) is 0.654. The molecule has 2 heterocycles. The van der Waals surface area contributed by atoms with Gasteiger partial charge in [0.25, 0.3) is 5.92 Å². The first-order valence-corrected chi connectivity index (χ1v) is 12.9. The van der Waals surface area contributed by atoms with E-state index in [-0.39, 0.29) is 17.4 Å². The maximum absolute atomic E-state index is 14.8. The third-order valence-electron chi connectivity index (χ3n) is 8.04. The van der Waals surface area contributed by atoms with Crippen LogP contribution in [-0.2, 0) is 15.6 Å². The number of rotatable bonds is 9. The summed E-state index contributed by atoms with van der Waals surface area (Å²) in [4.78, 5) is 33.4. The quantitative estimate of drug-likeness (QED) is 0.539. The van der Waals surface area contributed by atoms with Crippen molar-refractivity contribution in [1.29, 1.82) is 5.26 Å². The fourth-order valence-electron chi connectivity index (χ4n) is 5.31. The van der Waals surface area contributed by atoms with Crippen LogP contribution >= 0.6 is 0 Å². The Morgan fingerprint density at radius 1 is 1.14 bits per heavy atom. The minimum atomic E-state index is -3.17. The molecule has 0 unspecified atom stereocenters.